The third-order valence-electron chi connectivity index (χ3n) is 10.0. The minimum absolute atomic E-state index is 0.0247. The number of Topliss-reactive ketones (excluding diaryl/α,β-unsaturated/α-hetero) is 1. The van der Waals surface area contributed by atoms with Gasteiger partial charge in [-0.1, -0.05) is 25.5 Å². The van der Waals surface area contributed by atoms with Gasteiger partial charge in [0.1, 0.15) is 5.60 Å². The smallest absolute Gasteiger partial charge is 0.303 e. The Morgan fingerprint density at radius 2 is 1.97 bits per heavy atom. The number of ether oxygens (including phenoxy) is 3. The summed E-state index contributed by atoms with van der Waals surface area (Å²) in [5.74, 6) is -0.632. The molecule has 4 fully saturated rings. The summed E-state index contributed by atoms with van der Waals surface area (Å²) in [6, 6.07) is 0. The number of carbonyl (C=O) groups is 3. The van der Waals surface area contributed by atoms with Gasteiger partial charge < -0.3 is 19.3 Å². The fourth-order valence-electron chi connectivity index (χ4n) is 8.52. The number of aliphatic hydroxyl groups is 1. The third kappa shape index (κ3) is 2.96. The van der Waals surface area contributed by atoms with Crippen molar-refractivity contribution in [2.75, 3.05) is 6.61 Å². The summed E-state index contributed by atoms with van der Waals surface area (Å²) < 4.78 is 18.4. The summed E-state index contributed by atoms with van der Waals surface area (Å²) in [5, 5.41) is 11.7. The molecule has 0 amide bonds. The molecule has 0 radical (unpaired) electrons. The SMILES string of the molecule is C/C=C/C1OC23CC[C@@](C(=O)COC(C)=O)(O1)[C@@]2(C)C[C@H](O)[C@H]1[C@H]3CCC2=CC(=O)CC[C@@]21C. The Bertz CT molecular complexity index is 983. The van der Waals surface area contributed by atoms with E-state index in [2.05, 4.69) is 6.92 Å². The molecule has 1 N–H and O–H groups in total. The van der Waals surface area contributed by atoms with Crippen molar-refractivity contribution < 1.29 is 33.7 Å². The summed E-state index contributed by atoms with van der Waals surface area (Å²) >= 11 is 0. The van der Waals surface area contributed by atoms with Crippen LogP contribution in [0.15, 0.2) is 23.8 Å². The Kier molecular flexibility index (Phi) is 5.51. The van der Waals surface area contributed by atoms with E-state index in [9.17, 15) is 19.5 Å². The van der Waals surface area contributed by atoms with Crippen LogP contribution in [0.3, 0.4) is 0 Å². The van der Waals surface area contributed by atoms with Crippen LogP contribution in [0.4, 0.5) is 0 Å². The maximum atomic E-state index is 13.7. The number of allylic oxidation sites excluding steroid dienone is 2. The van der Waals surface area contributed by atoms with Crippen LogP contribution in [0.25, 0.3) is 0 Å². The molecule has 5 rings (SSSR count). The standard InChI is InChI=1S/C27H36O7/c1-5-6-22-33-26-11-12-27(34-22,21(31)15-32-16(2)28)25(26,4)14-20(30)23-19(26)8-7-17-13-18(29)9-10-24(17,23)3/h5-6,13,19-20,22-23,30H,7-12,14-15H2,1-4H3/b6-5+/t19-,20+,22?,23-,24+,25+,26?,27+/m1/s1. The highest BCUT2D eigenvalue weighted by Gasteiger charge is 2.79. The Morgan fingerprint density at radius 3 is 2.68 bits per heavy atom. The maximum Gasteiger partial charge on any atom is 0.303 e. The van der Waals surface area contributed by atoms with Gasteiger partial charge in [0.25, 0.3) is 0 Å². The zero-order chi connectivity index (χ0) is 24.5. The number of hydrogen-bond acceptors (Lipinski definition) is 7. The van der Waals surface area contributed by atoms with E-state index >= 15 is 0 Å². The van der Waals surface area contributed by atoms with Crippen molar-refractivity contribution in [1.82, 2.24) is 0 Å². The highest BCUT2D eigenvalue weighted by molar-refractivity contribution is 5.92. The number of ketones is 2. The molecule has 0 aromatic heterocycles. The van der Waals surface area contributed by atoms with Crippen molar-refractivity contribution in [1.29, 1.82) is 0 Å². The van der Waals surface area contributed by atoms with Crippen molar-refractivity contribution in [3.05, 3.63) is 23.8 Å². The summed E-state index contributed by atoms with van der Waals surface area (Å²) in [6.07, 6.45) is 8.44. The van der Waals surface area contributed by atoms with Gasteiger partial charge in [0.15, 0.2) is 18.7 Å². The van der Waals surface area contributed by atoms with E-state index in [0.29, 0.717) is 25.7 Å². The Morgan fingerprint density at radius 1 is 1.21 bits per heavy atom. The first-order valence-electron chi connectivity index (χ1n) is 12.6. The van der Waals surface area contributed by atoms with Crippen LogP contribution in [-0.2, 0) is 28.6 Å². The van der Waals surface area contributed by atoms with Gasteiger partial charge in [-0.05, 0) is 74.9 Å². The lowest BCUT2D eigenvalue weighted by Crippen LogP contribution is -2.74. The van der Waals surface area contributed by atoms with E-state index in [1.54, 1.807) is 0 Å². The summed E-state index contributed by atoms with van der Waals surface area (Å²) in [5.41, 5.74) is -1.73. The molecule has 1 heterocycles. The summed E-state index contributed by atoms with van der Waals surface area (Å²) in [6.45, 7) is 7.05. The molecule has 186 valence electrons. The molecule has 4 aliphatic carbocycles. The normalized spacial score (nSPS) is 47.4. The monoisotopic (exact) mass is 472 g/mol. The van der Waals surface area contributed by atoms with E-state index < -0.39 is 35.0 Å². The quantitative estimate of drug-likeness (QED) is 0.494. The fraction of sp³-hybridized carbons (Fsp3) is 0.741. The Balaban J connectivity index is 1.61. The predicted octanol–water partition coefficient (Wildman–Crippen LogP) is 3.43. The van der Waals surface area contributed by atoms with Gasteiger partial charge in [-0.15, -0.1) is 0 Å². The Hall–Kier alpha value is -1.83. The van der Waals surface area contributed by atoms with Crippen LogP contribution >= 0.6 is 0 Å². The van der Waals surface area contributed by atoms with Gasteiger partial charge in [0, 0.05) is 18.8 Å². The van der Waals surface area contributed by atoms with E-state index in [4.69, 9.17) is 14.2 Å². The lowest BCUT2D eigenvalue weighted by Gasteiger charge is -2.67. The van der Waals surface area contributed by atoms with Gasteiger partial charge in [-0.2, -0.15) is 0 Å². The van der Waals surface area contributed by atoms with Gasteiger partial charge in [0.05, 0.1) is 11.7 Å². The molecule has 1 aliphatic heterocycles. The van der Waals surface area contributed by atoms with Crippen LogP contribution in [0.2, 0.25) is 0 Å². The average Bonchev–Trinajstić information content (AvgIpc) is 2.90. The molecule has 2 unspecified atom stereocenters. The van der Waals surface area contributed by atoms with Gasteiger partial charge >= 0.3 is 5.97 Å². The average molecular weight is 473 g/mol. The first-order valence-corrected chi connectivity index (χ1v) is 12.6. The fourth-order valence-corrected chi connectivity index (χ4v) is 8.52. The molecule has 2 bridgehead atoms. The number of carbonyl (C=O) groups excluding carboxylic acids is 3. The predicted molar refractivity (Wildman–Crippen MR) is 122 cm³/mol. The molecule has 34 heavy (non-hydrogen) atoms. The van der Waals surface area contributed by atoms with Crippen molar-refractivity contribution in [3.63, 3.8) is 0 Å². The minimum atomic E-state index is -1.20. The summed E-state index contributed by atoms with van der Waals surface area (Å²) in [7, 11) is 0. The van der Waals surface area contributed by atoms with Crippen LogP contribution < -0.4 is 0 Å². The zero-order valence-corrected chi connectivity index (χ0v) is 20.6. The second-order valence-electron chi connectivity index (χ2n) is 11.4. The second-order valence-corrected chi connectivity index (χ2v) is 11.4. The number of fused-ring (bicyclic) bond motifs is 3. The molecule has 7 heteroatoms. The van der Waals surface area contributed by atoms with E-state index in [1.807, 2.05) is 32.1 Å². The number of hydrogen-bond donors (Lipinski definition) is 1. The van der Waals surface area contributed by atoms with E-state index in [1.165, 1.54) is 6.92 Å². The highest BCUT2D eigenvalue weighted by atomic mass is 16.7. The first kappa shape index (κ1) is 23.9. The molecule has 0 spiro atoms. The van der Waals surface area contributed by atoms with Crippen molar-refractivity contribution in [3.8, 4) is 0 Å². The van der Waals surface area contributed by atoms with Crippen molar-refractivity contribution in [2.24, 2.45) is 22.7 Å². The first-order chi connectivity index (χ1) is 16.0. The highest BCUT2D eigenvalue weighted by Crippen LogP contribution is 2.73. The molecule has 1 saturated heterocycles. The van der Waals surface area contributed by atoms with Gasteiger partial charge in [-0.3, -0.25) is 14.4 Å². The lowest BCUT2D eigenvalue weighted by molar-refractivity contribution is -0.365. The van der Waals surface area contributed by atoms with Crippen LogP contribution in [0, 0.1) is 22.7 Å². The van der Waals surface area contributed by atoms with Crippen molar-refractivity contribution in [2.45, 2.75) is 96.2 Å². The van der Waals surface area contributed by atoms with Crippen molar-refractivity contribution >= 4 is 17.5 Å². The summed E-state index contributed by atoms with van der Waals surface area (Å²) in [4.78, 5) is 37.3. The number of esters is 1. The molecule has 8 atom stereocenters. The third-order valence-corrected chi connectivity index (χ3v) is 10.0. The number of rotatable bonds is 4. The molecule has 0 aromatic rings. The second kappa shape index (κ2) is 7.84. The van der Waals surface area contributed by atoms with E-state index in [0.717, 1.165) is 24.8 Å². The topological polar surface area (TPSA) is 99.1 Å². The lowest BCUT2D eigenvalue weighted by atomic mass is 9.43. The molecule has 5 aliphatic rings. The maximum absolute atomic E-state index is 13.7. The molecule has 7 nitrogen and oxygen atoms in total. The van der Waals surface area contributed by atoms with Gasteiger partial charge in [-0.25, -0.2) is 0 Å². The zero-order valence-electron chi connectivity index (χ0n) is 20.6. The van der Waals surface area contributed by atoms with E-state index in [-0.39, 0.29) is 35.4 Å². The van der Waals surface area contributed by atoms with Gasteiger partial charge in [0.2, 0.25) is 5.78 Å². The Labute approximate surface area is 200 Å². The largest absolute Gasteiger partial charge is 0.458 e. The molecule has 3 saturated carbocycles. The molecular weight excluding hydrogens is 436 g/mol. The minimum Gasteiger partial charge on any atom is -0.458 e. The molecular formula is C27H36O7. The van der Waals surface area contributed by atoms with Crippen LogP contribution in [-0.4, -0.2) is 52.8 Å². The number of aliphatic hydroxyl groups excluding tert-OH is 1. The molecule has 0 aromatic carbocycles. The van der Waals surface area contributed by atoms with Crippen LogP contribution in [0.5, 0.6) is 0 Å². The van der Waals surface area contributed by atoms with Crippen LogP contribution in [0.1, 0.15) is 72.6 Å².